The molecule has 1 aromatic carbocycles. The molecule has 7 nitrogen and oxygen atoms in total. The number of aromatic nitrogens is 1. The van der Waals surface area contributed by atoms with Crippen LogP contribution in [0.4, 0.5) is 4.79 Å². The SMILES string of the molecule is Cc1cc(CNC(=O)NC[C@@H]2COc3ccccc3O2)on1. The van der Waals surface area contributed by atoms with Gasteiger partial charge in [-0.15, -0.1) is 0 Å². The summed E-state index contributed by atoms with van der Waals surface area (Å²) in [6, 6.07) is 8.94. The molecule has 7 heteroatoms. The first-order chi connectivity index (χ1) is 10.7. The van der Waals surface area contributed by atoms with Crippen LogP contribution < -0.4 is 20.1 Å². The molecule has 2 heterocycles. The summed E-state index contributed by atoms with van der Waals surface area (Å²) in [6.45, 7) is 2.87. The van der Waals surface area contributed by atoms with Crippen molar-refractivity contribution in [2.45, 2.75) is 19.6 Å². The van der Waals surface area contributed by atoms with Gasteiger partial charge in [0.05, 0.1) is 18.8 Å². The van der Waals surface area contributed by atoms with Gasteiger partial charge in [0, 0.05) is 6.07 Å². The number of nitrogens with zero attached hydrogens (tertiary/aromatic N) is 1. The molecule has 1 atom stereocenters. The van der Waals surface area contributed by atoms with Gasteiger partial charge < -0.3 is 24.6 Å². The second-order valence-electron chi connectivity index (χ2n) is 5.00. The molecule has 2 aromatic rings. The van der Waals surface area contributed by atoms with E-state index in [0.29, 0.717) is 24.7 Å². The van der Waals surface area contributed by atoms with Gasteiger partial charge in [-0.2, -0.15) is 0 Å². The third-order valence-electron chi connectivity index (χ3n) is 3.16. The fourth-order valence-electron chi connectivity index (χ4n) is 2.10. The van der Waals surface area contributed by atoms with Gasteiger partial charge in [0.25, 0.3) is 0 Å². The van der Waals surface area contributed by atoms with Crippen LogP contribution in [-0.2, 0) is 6.54 Å². The molecule has 1 aromatic heterocycles. The molecule has 0 saturated carbocycles. The van der Waals surface area contributed by atoms with Gasteiger partial charge in [0.2, 0.25) is 0 Å². The molecule has 0 radical (unpaired) electrons. The molecule has 116 valence electrons. The smallest absolute Gasteiger partial charge is 0.315 e. The largest absolute Gasteiger partial charge is 0.486 e. The predicted molar refractivity (Wildman–Crippen MR) is 77.8 cm³/mol. The summed E-state index contributed by atoms with van der Waals surface area (Å²) in [4.78, 5) is 11.7. The number of urea groups is 1. The van der Waals surface area contributed by atoms with Gasteiger partial charge in [-0.3, -0.25) is 0 Å². The number of hydrogen-bond donors (Lipinski definition) is 2. The minimum atomic E-state index is -0.295. The number of aryl methyl sites for hydroxylation is 1. The second-order valence-corrected chi connectivity index (χ2v) is 5.00. The van der Waals surface area contributed by atoms with E-state index in [1.165, 1.54) is 0 Å². The fraction of sp³-hybridized carbons (Fsp3) is 0.333. The lowest BCUT2D eigenvalue weighted by atomic mass is 10.2. The van der Waals surface area contributed by atoms with Crippen LogP contribution in [0.5, 0.6) is 11.5 Å². The summed E-state index contributed by atoms with van der Waals surface area (Å²) < 4.78 is 16.3. The number of rotatable bonds is 4. The molecule has 0 unspecified atom stereocenters. The van der Waals surface area contributed by atoms with Gasteiger partial charge in [0.15, 0.2) is 23.4 Å². The number of ether oxygens (including phenoxy) is 2. The molecule has 0 fully saturated rings. The van der Waals surface area contributed by atoms with Crippen LogP contribution in [-0.4, -0.2) is 30.4 Å². The monoisotopic (exact) mass is 303 g/mol. The van der Waals surface area contributed by atoms with Crippen LogP contribution >= 0.6 is 0 Å². The zero-order valence-corrected chi connectivity index (χ0v) is 12.2. The Morgan fingerprint density at radius 2 is 2.14 bits per heavy atom. The molecule has 1 aliphatic heterocycles. The number of carbonyl (C=O) groups excluding carboxylic acids is 1. The Labute approximate surface area is 127 Å². The quantitative estimate of drug-likeness (QED) is 0.896. The summed E-state index contributed by atoms with van der Waals surface area (Å²) in [5, 5.41) is 9.19. The number of benzene rings is 1. The van der Waals surface area contributed by atoms with E-state index < -0.39 is 0 Å². The van der Waals surface area contributed by atoms with Crippen LogP contribution in [0, 0.1) is 6.92 Å². The lowest BCUT2D eigenvalue weighted by Gasteiger charge is -2.26. The molecule has 2 amide bonds. The van der Waals surface area contributed by atoms with E-state index in [1.54, 1.807) is 6.07 Å². The standard InChI is InChI=1S/C15H17N3O4/c1-10-6-11(22-18-10)7-16-15(19)17-8-12-9-20-13-4-2-3-5-14(13)21-12/h2-6,12H,7-9H2,1H3,(H2,16,17,19)/t12-/m1/s1. The number of hydrogen-bond acceptors (Lipinski definition) is 5. The molecule has 0 spiro atoms. The van der Waals surface area contributed by atoms with Crippen molar-refractivity contribution in [3.05, 3.63) is 41.8 Å². The van der Waals surface area contributed by atoms with E-state index in [-0.39, 0.29) is 18.7 Å². The van der Waals surface area contributed by atoms with Gasteiger partial charge in [0.1, 0.15) is 6.61 Å². The minimum absolute atomic E-state index is 0.215. The van der Waals surface area contributed by atoms with Crippen molar-refractivity contribution in [1.29, 1.82) is 0 Å². The molecule has 3 rings (SSSR count). The molecule has 2 N–H and O–H groups in total. The average Bonchev–Trinajstić information content (AvgIpc) is 2.96. The highest BCUT2D eigenvalue weighted by molar-refractivity contribution is 5.73. The second kappa shape index (κ2) is 6.38. The molecule has 0 aliphatic carbocycles. The normalized spacial score (nSPS) is 16.1. The summed E-state index contributed by atoms with van der Waals surface area (Å²) in [5.74, 6) is 2.03. The Kier molecular flexibility index (Phi) is 4.13. The maximum absolute atomic E-state index is 11.7. The van der Waals surface area contributed by atoms with Crippen molar-refractivity contribution in [2.24, 2.45) is 0 Å². The summed E-state index contributed by atoms with van der Waals surface area (Å²) in [6.07, 6.45) is -0.215. The maximum Gasteiger partial charge on any atom is 0.315 e. The zero-order chi connectivity index (χ0) is 15.4. The molecule has 1 aliphatic rings. The number of amides is 2. The number of nitrogens with one attached hydrogen (secondary N) is 2. The van der Waals surface area contributed by atoms with Gasteiger partial charge in [-0.25, -0.2) is 4.79 Å². The van der Waals surface area contributed by atoms with Gasteiger partial charge >= 0.3 is 6.03 Å². The van der Waals surface area contributed by atoms with E-state index in [1.807, 2.05) is 31.2 Å². The first kappa shape index (κ1) is 14.2. The van der Waals surface area contributed by atoms with Gasteiger partial charge in [-0.1, -0.05) is 17.3 Å². The zero-order valence-electron chi connectivity index (χ0n) is 12.2. The van der Waals surface area contributed by atoms with Crippen molar-refractivity contribution in [3.63, 3.8) is 0 Å². The van der Waals surface area contributed by atoms with Crippen LogP contribution in [0.3, 0.4) is 0 Å². The first-order valence-corrected chi connectivity index (χ1v) is 7.03. The van der Waals surface area contributed by atoms with Crippen molar-refractivity contribution >= 4 is 6.03 Å². The maximum atomic E-state index is 11.7. The molecule has 0 saturated heterocycles. The van der Waals surface area contributed by atoms with Crippen LogP contribution in [0.2, 0.25) is 0 Å². The van der Waals surface area contributed by atoms with Gasteiger partial charge in [-0.05, 0) is 19.1 Å². The van der Waals surface area contributed by atoms with E-state index in [2.05, 4.69) is 15.8 Å². The van der Waals surface area contributed by atoms with Crippen LogP contribution in [0.1, 0.15) is 11.5 Å². The van der Waals surface area contributed by atoms with Crippen molar-refractivity contribution in [1.82, 2.24) is 15.8 Å². The summed E-state index contributed by atoms with van der Waals surface area (Å²) in [7, 11) is 0. The molecule has 0 bridgehead atoms. The summed E-state index contributed by atoms with van der Waals surface area (Å²) >= 11 is 0. The van der Waals surface area contributed by atoms with E-state index in [4.69, 9.17) is 14.0 Å². The van der Waals surface area contributed by atoms with E-state index >= 15 is 0 Å². The Bertz CT molecular complexity index is 656. The summed E-state index contributed by atoms with van der Waals surface area (Å²) in [5.41, 5.74) is 0.781. The van der Waals surface area contributed by atoms with E-state index in [0.717, 1.165) is 11.4 Å². The Hall–Kier alpha value is -2.70. The highest BCUT2D eigenvalue weighted by Crippen LogP contribution is 2.30. The van der Waals surface area contributed by atoms with Crippen LogP contribution in [0.15, 0.2) is 34.9 Å². The lowest BCUT2D eigenvalue weighted by Crippen LogP contribution is -2.44. The number of fused-ring (bicyclic) bond motifs is 1. The Morgan fingerprint density at radius 1 is 1.32 bits per heavy atom. The van der Waals surface area contributed by atoms with Crippen molar-refractivity contribution in [3.8, 4) is 11.5 Å². The first-order valence-electron chi connectivity index (χ1n) is 7.03. The Balaban J connectivity index is 1.42. The Morgan fingerprint density at radius 3 is 2.91 bits per heavy atom. The minimum Gasteiger partial charge on any atom is -0.486 e. The molecular formula is C15H17N3O4. The average molecular weight is 303 g/mol. The van der Waals surface area contributed by atoms with Crippen molar-refractivity contribution in [2.75, 3.05) is 13.2 Å². The van der Waals surface area contributed by atoms with Crippen LogP contribution in [0.25, 0.3) is 0 Å². The fourth-order valence-corrected chi connectivity index (χ4v) is 2.10. The highest BCUT2D eigenvalue weighted by Gasteiger charge is 2.20. The number of carbonyl (C=O) groups is 1. The van der Waals surface area contributed by atoms with Crippen molar-refractivity contribution < 1.29 is 18.8 Å². The van der Waals surface area contributed by atoms with E-state index in [9.17, 15) is 4.79 Å². The highest BCUT2D eigenvalue weighted by atomic mass is 16.6. The topological polar surface area (TPSA) is 85.6 Å². The lowest BCUT2D eigenvalue weighted by molar-refractivity contribution is 0.0918. The third kappa shape index (κ3) is 3.49. The molecule has 22 heavy (non-hydrogen) atoms. The molecular weight excluding hydrogens is 286 g/mol. The predicted octanol–water partition coefficient (Wildman–Crippen LogP) is 1.62. The third-order valence-corrected chi connectivity index (χ3v) is 3.16. The number of para-hydroxylation sites is 2.